The van der Waals surface area contributed by atoms with Crippen molar-refractivity contribution < 1.29 is 18.8 Å². The Morgan fingerprint density at radius 2 is 1.75 bits per heavy atom. The Kier molecular flexibility index (Phi) is 4.77. The van der Waals surface area contributed by atoms with E-state index in [4.69, 9.17) is 0 Å². The number of rotatable bonds is 4. The van der Waals surface area contributed by atoms with E-state index in [2.05, 4.69) is 4.98 Å². The van der Waals surface area contributed by atoms with E-state index in [9.17, 15) is 18.8 Å². The Labute approximate surface area is 161 Å². The minimum atomic E-state index is -0.460. The van der Waals surface area contributed by atoms with Crippen LogP contribution in [-0.2, 0) is 4.79 Å². The molecule has 0 saturated carbocycles. The molecular formula is C20H19FN4O3. The van der Waals surface area contributed by atoms with Gasteiger partial charge in [-0.25, -0.2) is 4.39 Å². The quantitative estimate of drug-likeness (QED) is 0.751. The zero-order chi connectivity index (χ0) is 19.7. The zero-order valence-corrected chi connectivity index (χ0v) is 15.2. The minimum Gasteiger partial charge on any atom is -0.366 e. The van der Waals surface area contributed by atoms with Crippen LogP contribution in [0.15, 0.2) is 42.6 Å². The first kappa shape index (κ1) is 18.1. The molecule has 0 atom stereocenters. The molecule has 0 bridgehead atoms. The number of aromatic nitrogens is 1. The van der Waals surface area contributed by atoms with Crippen LogP contribution in [0.1, 0.15) is 27.3 Å². The van der Waals surface area contributed by atoms with Crippen LogP contribution in [0.4, 0.5) is 10.1 Å². The summed E-state index contributed by atoms with van der Waals surface area (Å²) >= 11 is 0. The van der Waals surface area contributed by atoms with Crippen LogP contribution in [-0.4, -0.2) is 65.2 Å². The molecule has 1 fully saturated rings. The number of benzene rings is 1. The van der Waals surface area contributed by atoms with Crippen LogP contribution < -0.4 is 4.90 Å². The number of anilines is 1. The molecule has 8 heteroatoms. The second-order valence-corrected chi connectivity index (χ2v) is 6.73. The molecule has 28 heavy (non-hydrogen) atoms. The molecule has 1 saturated heterocycles. The summed E-state index contributed by atoms with van der Waals surface area (Å²) in [6, 6.07) is 9.74. The monoisotopic (exact) mass is 382 g/mol. The molecule has 4 rings (SSSR count). The molecule has 0 aliphatic carbocycles. The average molecular weight is 382 g/mol. The van der Waals surface area contributed by atoms with Gasteiger partial charge in [-0.05, 0) is 24.3 Å². The predicted octanol–water partition coefficient (Wildman–Crippen LogP) is 1.56. The number of imide groups is 1. The summed E-state index contributed by atoms with van der Waals surface area (Å²) in [6.45, 7) is 2.03. The van der Waals surface area contributed by atoms with Crippen LogP contribution in [0.2, 0.25) is 0 Å². The first-order chi connectivity index (χ1) is 13.6. The average Bonchev–Trinajstić information content (AvgIpc) is 2.97. The summed E-state index contributed by atoms with van der Waals surface area (Å²) < 4.78 is 13.9. The Balaban J connectivity index is 1.32. The van der Waals surface area contributed by atoms with E-state index >= 15 is 0 Å². The zero-order valence-electron chi connectivity index (χ0n) is 15.2. The van der Waals surface area contributed by atoms with Gasteiger partial charge in [0.1, 0.15) is 11.5 Å². The topological polar surface area (TPSA) is 73.8 Å². The molecule has 0 spiro atoms. The molecule has 1 aromatic heterocycles. The maximum Gasteiger partial charge on any atom is 0.280 e. The van der Waals surface area contributed by atoms with Gasteiger partial charge in [0.05, 0.1) is 11.3 Å². The van der Waals surface area contributed by atoms with Gasteiger partial charge in [-0.15, -0.1) is 0 Å². The lowest BCUT2D eigenvalue weighted by molar-refractivity contribution is -0.131. The second kappa shape index (κ2) is 7.38. The third kappa shape index (κ3) is 3.21. The third-order valence-electron chi connectivity index (χ3n) is 5.11. The van der Waals surface area contributed by atoms with Crippen LogP contribution in [0, 0.1) is 5.82 Å². The highest BCUT2D eigenvalue weighted by molar-refractivity contribution is 6.20. The SMILES string of the molecule is O=C(CCN1C(=O)c2cccnc2C1=O)N1CCN(c2ccccc2F)CC1. The maximum atomic E-state index is 13.9. The molecular weight excluding hydrogens is 363 g/mol. The molecule has 3 amide bonds. The lowest BCUT2D eigenvalue weighted by Gasteiger charge is -2.36. The van der Waals surface area contributed by atoms with Crippen molar-refractivity contribution >= 4 is 23.4 Å². The largest absolute Gasteiger partial charge is 0.366 e. The predicted molar refractivity (Wildman–Crippen MR) is 99.4 cm³/mol. The first-order valence-electron chi connectivity index (χ1n) is 9.14. The van der Waals surface area contributed by atoms with E-state index in [1.807, 2.05) is 4.90 Å². The van der Waals surface area contributed by atoms with Crippen LogP contribution in [0.3, 0.4) is 0 Å². The molecule has 0 N–H and O–H groups in total. The smallest absolute Gasteiger partial charge is 0.280 e. The number of hydrogen-bond donors (Lipinski definition) is 0. The third-order valence-corrected chi connectivity index (χ3v) is 5.11. The van der Waals surface area contributed by atoms with Crippen LogP contribution in [0.25, 0.3) is 0 Å². The summed E-state index contributed by atoms with van der Waals surface area (Å²) in [5.74, 6) is -1.28. The Morgan fingerprint density at radius 1 is 1.00 bits per heavy atom. The standard InChI is InChI=1S/C20H19FN4O3/c21-15-5-1-2-6-16(15)23-10-12-24(13-11-23)17(26)7-9-25-19(27)14-4-3-8-22-18(14)20(25)28/h1-6,8H,7,9-13H2. The molecule has 2 aromatic rings. The number of amides is 3. The number of halogens is 1. The summed E-state index contributed by atoms with van der Waals surface area (Å²) in [4.78, 5) is 45.8. The van der Waals surface area contributed by atoms with Crippen molar-refractivity contribution in [3.8, 4) is 0 Å². The minimum absolute atomic E-state index is 0.0282. The van der Waals surface area contributed by atoms with Gasteiger partial charge < -0.3 is 9.80 Å². The highest BCUT2D eigenvalue weighted by Crippen LogP contribution is 2.22. The van der Waals surface area contributed by atoms with E-state index in [1.54, 1.807) is 35.2 Å². The second-order valence-electron chi connectivity index (χ2n) is 6.73. The first-order valence-corrected chi connectivity index (χ1v) is 9.14. The number of piperazine rings is 1. The van der Waals surface area contributed by atoms with Gasteiger partial charge in [0.2, 0.25) is 5.91 Å². The highest BCUT2D eigenvalue weighted by Gasteiger charge is 2.36. The van der Waals surface area contributed by atoms with Gasteiger partial charge in [-0.3, -0.25) is 24.3 Å². The molecule has 2 aliphatic heterocycles. The fourth-order valence-corrected chi connectivity index (χ4v) is 3.59. The maximum absolute atomic E-state index is 13.9. The Bertz CT molecular complexity index is 906. The number of pyridine rings is 1. The Morgan fingerprint density at radius 3 is 2.46 bits per heavy atom. The number of fused-ring (bicyclic) bond motifs is 1. The molecule has 0 radical (unpaired) electrons. The van der Waals surface area contributed by atoms with Gasteiger partial charge in [0, 0.05) is 45.3 Å². The van der Waals surface area contributed by atoms with Crippen molar-refractivity contribution in [1.29, 1.82) is 0 Å². The summed E-state index contributed by atoms with van der Waals surface area (Å²) in [7, 11) is 0. The lowest BCUT2D eigenvalue weighted by atomic mass is 10.2. The highest BCUT2D eigenvalue weighted by atomic mass is 19.1. The number of hydrogen-bond acceptors (Lipinski definition) is 5. The van der Waals surface area contributed by atoms with E-state index < -0.39 is 11.8 Å². The van der Waals surface area contributed by atoms with Crippen LogP contribution >= 0.6 is 0 Å². The number of carbonyl (C=O) groups excluding carboxylic acids is 3. The fraction of sp³-hybridized carbons (Fsp3) is 0.300. The van der Waals surface area contributed by atoms with Crippen molar-refractivity contribution in [2.24, 2.45) is 0 Å². The number of carbonyl (C=O) groups is 3. The van der Waals surface area contributed by atoms with Crippen molar-refractivity contribution in [3.63, 3.8) is 0 Å². The van der Waals surface area contributed by atoms with Gasteiger partial charge >= 0.3 is 0 Å². The molecule has 3 heterocycles. The van der Waals surface area contributed by atoms with Crippen molar-refractivity contribution in [2.45, 2.75) is 6.42 Å². The summed E-state index contributed by atoms with van der Waals surface area (Å²) in [5.41, 5.74) is 0.949. The van der Waals surface area contributed by atoms with E-state index in [1.165, 1.54) is 12.3 Å². The molecule has 144 valence electrons. The Hall–Kier alpha value is -3.29. The van der Waals surface area contributed by atoms with Crippen LogP contribution in [0.5, 0.6) is 0 Å². The van der Waals surface area contributed by atoms with Crippen molar-refractivity contribution in [2.75, 3.05) is 37.6 Å². The van der Waals surface area contributed by atoms with Crippen molar-refractivity contribution in [1.82, 2.24) is 14.8 Å². The fourth-order valence-electron chi connectivity index (χ4n) is 3.59. The van der Waals surface area contributed by atoms with Gasteiger partial charge in [-0.1, -0.05) is 12.1 Å². The van der Waals surface area contributed by atoms with E-state index in [-0.39, 0.29) is 35.9 Å². The van der Waals surface area contributed by atoms with Gasteiger partial charge in [-0.2, -0.15) is 0 Å². The number of nitrogens with zero attached hydrogens (tertiary/aromatic N) is 4. The summed E-state index contributed by atoms with van der Waals surface area (Å²) in [6.07, 6.45) is 1.53. The van der Waals surface area contributed by atoms with E-state index in [0.29, 0.717) is 31.9 Å². The van der Waals surface area contributed by atoms with Gasteiger partial charge in [0.15, 0.2) is 0 Å². The van der Waals surface area contributed by atoms with Crippen molar-refractivity contribution in [3.05, 3.63) is 59.7 Å². The molecule has 7 nitrogen and oxygen atoms in total. The number of para-hydroxylation sites is 1. The molecule has 2 aliphatic rings. The van der Waals surface area contributed by atoms with E-state index in [0.717, 1.165) is 4.90 Å². The summed E-state index contributed by atoms with van der Waals surface area (Å²) in [5, 5.41) is 0. The molecule has 1 aromatic carbocycles. The molecule has 0 unspecified atom stereocenters. The lowest BCUT2D eigenvalue weighted by Crippen LogP contribution is -2.49. The van der Waals surface area contributed by atoms with Gasteiger partial charge in [0.25, 0.3) is 11.8 Å². The normalized spacial score (nSPS) is 16.5.